The molecule has 5 heteroatoms. The van der Waals surface area contributed by atoms with Gasteiger partial charge in [-0.1, -0.05) is 6.92 Å². The predicted octanol–water partition coefficient (Wildman–Crippen LogP) is 2.36. The van der Waals surface area contributed by atoms with Gasteiger partial charge in [0.25, 0.3) is 0 Å². The minimum absolute atomic E-state index is 0.506. The molecule has 0 saturated carbocycles. The fourth-order valence-corrected chi connectivity index (χ4v) is 2.29. The molecule has 2 N–H and O–H groups in total. The van der Waals surface area contributed by atoms with Crippen LogP contribution in [0.25, 0.3) is 0 Å². The Bertz CT molecular complexity index is 301. The Kier molecular flexibility index (Phi) is 4.68. The summed E-state index contributed by atoms with van der Waals surface area (Å²) in [5.74, 6) is 1.25. The molecule has 0 aliphatic carbocycles. The number of hydrogen-bond acceptors (Lipinski definition) is 5. The van der Waals surface area contributed by atoms with E-state index in [1.807, 2.05) is 6.92 Å². The average molecular weight is 229 g/mol. The minimum Gasteiger partial charge on any atom is -0.487 e. The monoisotopic (exact) mass is 229 g/mol. The summed E-state index contributed by atoms with van der Waals surface area (Å²) in [6.45, 7) is 8.83. The lowest BCUT2D eigenvalue weighted by atomic mass is 10.4. The van der Waals surface area contributed by atoms with Crippen LogP contribution in [0, 0.1) is 0 Å². The molecule has 0 amide bonds. The number of aromatic nitrogens is 1. The number of ether oxygens (including phenoxy) is 1. The van der Waals surface area contributed by atoms with Crippen molar-refractivity contribution in [3.63, 3.8) is 0 Å². The Morgan fingerprint density at radius 2 is 2.13 bits per heavy atom. The molecule has 1 aromatic rings. The third-order valence-electron chi connectivity index (χ3n) is 2.11. The van der Waals surface area contributed by atoms with Gasteiger partial charge in [0, 0.05) is 13.1 Å². The second-order valence-electron chi connectivity index (χ2n) is 3.21. The first-order chi connectivity index (χ1) is 7.24. The Morgan fingerprint density at radius 1 is 1.40 bits per heavy atom. The first-order valence-electron chi connectivity index (χ1n) is 5.37. The van der Waals surface area contributed by atoms with E-state index in [0.717, 1.165) is 30.3 Å². The minimum atomic E-state index is 0.506. The smallest absolute Gasteiger partial charge is 0.197 e. The molecule has 86 valence electrons. The van der Waals surface area contributed by atoms with Crippen LogP contribution >= 0.6 is 11.5 Å². The van der Waals surface area contributed by atoms with Crippen LogP contribution in [0.15, 0.2) is 0 Å². The van der Waals surface area contributed by atoms with E-state index in [1.165, 1.54) is 11.5 Å². The van der Waals surface area contributed by atoms with Crippen LogP contribution in [0.3, 0.4) is 0 Å². The molecule has 15 heavy (non-hydrogen) atoms. The van der Waals surface area contributed by atoms with E-state index in [9.17, 15) is 0 Å². The van der Waals surface area contributed by atoms with Gasteiger partial charge in [0.1, 0.15) is 0 Å². The van der Waals surface area contributed by atoms with Crippen molar-refractivity contribution in [3.8, 4) is 5.75 Å². The highest BCUT2D eigenvalue weighted by molar-refractivity contribution is 7.11. The van der Waals surface area contributed by atoms with Gasteiger partial charge in [0.15, 0.2) is 16.6 Å². The molecule has 1 rings (SSSR count). The molecule has 0 aliphatic rings. The average Bonchev–Trinajstić information content (AvgIpc) is 2.58. The molecule has 0 aromatic carbocycles. The number of nitrogens with two attached hydrogens (primary N) is 1. The Labute approximate surface area is 95.2 Å². The molecule has 1 aromatic heterocycles. The lowest BCUT2D eigenvalue weighted by Gasteiger charge is -2.21. The highest BCUT2D eigenvalue weighted by Gasteiger charge is 2.17. The zero-order chi connectivity index (χ0) is 11.3. The van der Waals surface area contributed by atoms with E-state index in [0.29, 0.717) is 12.4 Å². The van der Waals surface area contributed by atoms with Crippen molar-refractivity contribution in [3.05, 3.63) is 0 Å². The number of anilines is 2. The Balaban J connectivity index is 2.90. The molecule has 0 radical (unpaired) electrons. The van der Waals surface area contributed by atoms with Crippen LogP contribution in [0.1, 0.15) is 27.2 Å². The third-order valence-corrected chi connectivity index (χ3v) is 3.01. The quantitative estimate of drug-likeness (QED) is 0.813. The van der Waals surface area contributed by atoms with E-state index in [-0.39, 0.29) is 0 Å². The Hall–Kier alpha value is -0.970. The zero-order valence-corrected chi connectivity index (χ0v) is 10.4. The van der Waals surface area contributed by atoms with E-state index < -0.39 is 0 Å². The van der Waals surface area contributed by atoms with Gasteiger partial charge in [-0.2, -0.15) is 4.37 Å². The van der Waals surface area contributed by atoms with Crippen LogP contribution in [-0.4, -0.2) is 24.1 Å². The van der Waals surface area contributed by atoms with Crippen LogP contribution in [0.5, 0.6) is 5.75 Å². The van der Waals surface area contributed by atoms with Crippen molar-refractivity contribution in [2.24, 2.45) is 0 Å². The van der Waals surface area contributed by atoms with Gasteiger partial charge < -0.3 is 15.4 Å². The highest BCUT2D eigenvalue weighted by atomic mass is 32.1. The Morgan fingerprint density at radius 3 is 2.67 bits per heavy atom. The third kappa shape index (κ3) is 2.75. The first kappa shape index (κ1) is 12.1. The summed E-state index contributed by atoms with van der Waals surface area (Å²) in [4.78, 5) is 2.25. The van der Waals surface area contributed by atoms with Crippen LogP contribution in [0.2, 0.25) is 0 Å². The maximum Gasteiger partial charge on any atom is 0.197 e. The SMILES string of the molecule is CCCN(CC)c1snc(N)c1OCC. The van der Waals surface area contributed by atoms with E-state index in [1.54, 1.807) is 0 Å². The number of nitrogen functional groups attached to an aromatic ring is 1. The second kappa shape index (κ2) is 5.80. The topological polar surface area (TPSA) is 51.4 Å². The lowest BCUT2D eigenvalue weighted by Crippen LogP contribution is -2.23. The molecule has 0 fully saturated rings. The summed E-state index contributed by atoms with van der Waals surface area (Å²) in [5.41, 5.74) is 5.76. The molecule has 0 unspecified atom stereocenters. The van der Waals surface area contributed by atoms with Gasteiger partial charge in [-0.3, -0.25) is 0 Å². The predicted molar refractivity (Wildman–Crippen MR) is 65.9 cm³/mol. The summed E-state index contributed by atoms with van der Waals surface area (Å²) < 4.78 is 9.66. The van der Waals surface area contributed by atoms with Crippen molar-refractivity contribution in [1.29, 1.82) is 0 Å². The largest absolute Gasteiger partial charge is 0.487 e. The molecule has 0 aliphatic heterocycles. The molecule has 0 bridgehead atoms. The molecular weight excluding hydrogens is 210 g/mol. The molecule has 0 atom stereocenters. The molecular formula is C10H19N3OS. The van der Waals surface area contributed by atoms with Gasteiger partial charge in [-0.05, 0) is 31.8 Å². The van der Waals surface area contributed by atoms with Crippen molar-refractivity contribution in [1.82, 2.24) is 4.37 Å². The van der Waals surface area contributed by atoms with Crippen LogP contribution in [-0.2, 0) is 0 Å². The number of rotatable bonds is 6. The summed E-state index contributed by atoms with van der Waals surface area (Å²) in [6, 6.07) is 0. The van der Waals surface area contributed by atoms with Crippen molar-refractivity contribution in [2.75, 3.05) is 30.3 Å². The van der Waals surface area contributed by atoms with Crippen molar-refractivity contribution >= 4 is 22.4 Å². The van der Waals surface area contributed by atoms with Crippen LogP contribution in [0.4, 0.5) is 10.8 Å². The summed E-state index contributed by atoms with van der Waals surface area (Å²) >= 11 is 1.41. The van der Waals surface area contributed by atoms with Gasteiger partial charge >= 0.3 is 0 Å². The normalized spacial score (nSPS) is 10.3. The molecule has 1 heterocycles. The van der Waals surface area contributed by atoms with E-state index in [4.69, 9.17) is 10.5 Å². The van der Waals surface area contributed by atoms with Gasteiger partial charge in [0.05, 0.1) is 6.61 Å². The maximum absolute atomic E-state index is 5.76. The summed E-state index contributed by atoms with van der Waals surface area (Å²) in [6.07, 6.45) is 1.11. The first-order valence-corrected chi connectivity index (χ1v) is 6.14. The number of hydrogen-bond donors (Lipinski definition) is 1. The fraction of sp³-hybridized carbons (Fsp3) is 0.700. The zero-order valence-electron chi connectivity index (χ0n) is 9.62. The van der Waals surface area contributed by atoms with Crippen LogP contribution < -0.4 is 15.4 Å². The second-order valence-corrected chi connectivity index (χ2v) is 3.97. The molecule has 0 spiro atoms. The number of nitrogens with zero attached hydrogens (tertiary/aromatic N) is 2. The maximum atomic E-state index is 5.76. The summed E-state index contributed by atoms with van der Waals surface area (Å²) in [5, 5.41) is 1.05. The molecule has 4 nitrogen and oxygen atoms in total. The van der Waals surface area contributed by atoms with E-state index >= 15 is 0 Å². The fourth-order valence-electron chi connectivity index (χ4n) is 1.44. The summed E-state index contributed by atoms with van der Waals surface area (Å²) in [7, 11) is 0. The van der Waals surface area contributed by atoms with Gasteiger partial charge in [-0.15, -0.1) is 0 Å². The van der Waals surface area contributed by atoms with Crippen molar-refractivity contribution in [2.45, 2.75) is 27.2 Å². The highest BCUT2D eigenvalue weighted by Crippen LogP contribution is 2.38. The van der Waals surface area contributed by atoms with Crippen molar-refractivity contribution < 1.29 is 4.74 Å². The lowest BCUT2D eigenvalue weighted by molar-refractivity contribution is 0.343. The molecule has 0 saturated heterocycles. The van der Waals surface area contributed by atoms with Gasteiger partial charge in [-0.25, -0.2) is 0 Å². The standard InChI is InChI=1S/C10H19N3OS/c1-4-7-13(5-2)10-8(14-6-3)9(11)12-15-10/h4-7H2,1-3H3,(H2,11,12). The van der Waals surface area contributed by atoms with Gasteiger partial charge in [0.2, 0.25) is 0 Å². The van der Waals surface area contributed by atoms with E-state index in [2.05, 4.69) is 23.1 Å².